The molecule has 0 saturated carbocycles. The van der Waals surface area contributed by atoms with Gasteiger partial charge in [-0.3, -0.25) is 4.79 Å². The highest BCUT2D eigenvalue weighted by molar-refractivity contribution is 5.80. The third-order valence-corrected chi connectivity index (χ3v) is 3.76. The van der Waals surface area contributed by atoms with Gasteiger partial charge in [-0.05, 0) is 25.5 Å². The Labute approximate surface area is 129 Å². The third kappa shape index (κ3) is 3.27. The fraction of sp³-hybridized carbons (Fsp3) is 0.438. The maximum absolute atomic E-state index is 12.0. The summed E-state index contributed by atoms with van der Waals surface area (Å²) < 4.78 is 7.74. The average Bonchev–Trinajstić information content (AvgIpc) is 3.12. The van der Waals surface area contributed by atoms with E-state index in [-0.39, 0.29) is 5.91 Å². The monoisotopic (exact) mass is 300 g/mol. The summed E-state index contributed by atoms with van der Waals surface area (Å²) in [5.41, 5.74) is 0. The summed E-state index contributed by atoms with van der Waals surface area (Å²) in [6, 6.07) is 9.35. The van der Waals surface area contributed by atoms with Gasteiger partial charge in [0, 0.05) is 25.9 Å². The number of rotatable bonds is 6. The number of nitrogens with one attached hydrogen (secondary N) is 1. The minimum Gasteiger partial charge on any atom is -0.481 e. The maximum atomic E-state index is 12.0. The highest BCUT2D eigenvalue weighted by atomic mass is 16.5. The van der Waals surface area contributed by atoms with Gasteiger partial charge in [0.25, 0.3) is 5.91 Å². The first-order valence-electron chi connectivity index (χ1n) is 7.64. The normalized spacial score (nSPS) is 14.4. The first-order valence-corrected chi connectivity index (χ1v) is 7.64. The van der Waals surface area contributed by atoms with Gasteiger partial charge in [-0.25, -0.2) is 0 Å². The van der Waals surface area contributed by atoms with E-state index in [0.29, 0.717) is 18.7 Å². The van der Waals surface area contributed by atoms with Gasteiger partial charge in [0.15, 0.2) is 6.10 Å². The molecule has 0 saturated heterocycles. The minimum atomic E-state index is -0.522. The second-order valence-electron chi connectivity index (χ2n) is 5.40. The Morgan fingerprint density at radius 1 is 1.36 bits per heavy atom. The summed E-state index contributed by atoms with van der Waals surface area (Å²) in [5.74, 6) is 2.58. The molecule has 1 aliphatic rings. The van der Waals surface area contributed by atoms with Crippen molar-refractivity contribution in [3.63, 3.8) is 0 Å². The lowest BCUT2D eigenvalue weighted by Crippen LogP contribution is -2.37. The summed E-state index contributed by atoms with van der Waals surface area (Å²) in [4.78, 5) is 12.0. The van der Waals surface area contributed by atoms with Gasteiger partial charge in [-0.1, -0.05) is 18.2 Å². The Bertz CT molecular complexity index is 639. The molecule has 1 N–H and O–H groups in total. The molecule has 6 heteroatoms. The number of ether oxygens (including phenoxy) is 1. The molecule has 1 amide bonds. The molecule has 116 valence electrons. The first-order chi connectivity index (χ1) is 10.7. The molecule has 0 spiro atoms. The molecule has 2 heterocycles. The molecule has 0 fully saturated rings. The topological polar surface area (TPSA) is 69.0 Å². The predicted octanol–water partition coefficient (Wildman–Crippen LogP) is 1.35. The maximum Gasteiger partial charge on any atom is 0.260 e. The van der Waals surface area contributed by atoms with Crippen LogP contribution in [0.1, 0.15) is 25.0 Å². The van der Waals surface area contributed by atoms with Gasteiger partial charge >= 0.3 is 0 Å². The smallest absolute Gasteiger partial charge is 0.260 e. The molecule has 3 rings (SSSR count). The number of amides is 1. The summed E-state index contributed by atoms with van der Waals surface area (Å²) in [5, 5.41) is 11.2. The number of carbonyl (C=O) groups is 1. The molecule has 6 nitrogen and oxygen atoms in total. The summed E-state index contributed by atoms with van der Waals surface area (Å²) in [6.45, 7) is 3.27. The van der Waals surface area contributed by atoms with Gasteiger partial charge in [0.2, 0.25) is 0 Å². The van der Waals surface area contributed by atoms with Crippen molar-refractivity contribution in [2.75, 3.05) is 6.54 Å². The predicted molar refractivity (Wildman–Crippen MR) is 81.6 cm³/mol. The fourth-order valence-electron chi connectivity index (χ4n) is 2.59. The molecule has 1 aromatic carbocycles. The van der Waals surface area contributed by atoms with Gasteiger partial charge in [0.1, 0.15) is 17.4 Å². The molecule has 1 aliphatic heterocycles. The van der Waals surface area contributed by atoms with Crippen molar-refractivity contribution in [1.82, 2.24) is 20.1 Å². The lowest BCUT2D eigenvalue weighted by atomic mass is 10.3. The Hall–Kier alpha value is -2.37. The molecule has 2 aromatic rings. The molecule has 0 radical (unpaired) electrons. The number of nitrogens with zero attached hydrogens (tertiary/aromatic N) is 3. The summed E-state index contributed by atoms with van der Waals surface area (Å²) in [7, 11) is 0. The standard InChI is InChI=1S/C16H20N4O2/c1-12(22-13-6-3-2-4-7-13)16(21)17-10-9-15-19-18-14-8-5-11-20(14)15/h2-4,6-7,12H,5,8-11H2,1H3,(H,17,21)/t12-/m0/s1. The number of aromatic nitrogens is 3. The number of fused-ring (bicyclic) bond motifs is 1. The van der Waals surface area contributed by atoms with Crippen LogP contribution in [0, 0.1) is 0 Å². The second-order valence-corrected chi connectivity index (χ2v) is 5.40. The number of hydrogen-bond acceptors (Lipinski definition) is 4. The van der Waals surface area contributed by atoms with Crippen LogP contribution in [-0.2, 0) is 24.2 Å². The molecular weight excluding hydrogens is 280 g/mol. The van der Waals surface area contributed by atoms with Crippen LogP contribution in [-0.4, -0.2) is 33.3 Å². The quantitative estimate of drug-likeness (QED) is 0.874. The number of hydrogen-bond donors (Lipinski definition) is 1. The number of benzene rings is 1. The minimum absolute atomic E-state index is 0.120. The van der Waals surface area contributed by atoms with E-state index in [4.69, 9.17) is 4.74 Å². The molecule has 0 bridgehead atoms. The van der Waals surface area contributed by atoms with Crippen LogP contribution in [0.3, 0.4) is 0 Å². The zero-order valence-corrected chi connectivity index (χ0v) is 12.7. The van der Waals surface area contributed by atoms with Crippen LogP contribution in [0.2, 0.25) is 0 Å². The van der Waals surface area contributed by atoms with Crippen molar-refractivity contribution >= 4 is 5.91 Å². The van der Waals surface area contributed by atoms with Crippen molar-refractivity contribution in [1.29, 1.82) is 0 Å². The highest BCUT2D eigenvalue weighted by Gasteiger charge is 2.18. The van der Waals surface area contributed by atoms with Gasteiger partial charge in [-0.2, -0.15) is 0 Å². The van der Waals surface area contributed by atoms with E-state index in [1.54, 1.807) is 6.92 Å². The Balaban J connectivity index is 1.46. The van der Waals surface area contributed by atoms with E-state index in [2.05, 4.69) is 20.1 Å². The van der Waals surface area contributed by atoms with Crippen molar-refractivity contribution in [3.05, 3.63) is 42.0 Å². The largest absolute Gasteiger partial charge is 0.481 e. The molecule has 0 aliphatic carbocycles. The SMILES string of the molecule is C[C@H](Oc1ccccc1)C(=O)NCCc1nnc2n1CCC2. The van der Waals surface area contributed by atoms with Crippen LogP contribution < -0.4 is 10.1 Å². The average molecular weight is 300 g/mol. The van der Waals surface area contributed by atoms with Crippen molar-refractivity contribution < 1.29 is 9.53 Å². The summed E-state index contributed by atoms with van der Waals surface area (Å²) in [6.07, 6.45) is 2.30. The Morgan fingerprint density at radius 2 is 2.18 bits per heavy atom. The van der Waals surface area contributed by atoms with Gasteiger partial charge in [0.05, 0.1) is 0 Å². The lowest BCUT2D eigenvalue weighted by molar-refractivity contribution is -0.127. The molecule has 22 heavy (non-hydrogen) atoms. The fourth-order valence-corrected chi connectivity index (χ4v) is 2.59. The first kappa shape index (κ1) is 14.6. The van der Waals surface area contributed by atoms with E-state index in [0.717, 1.165) is 31.0 Å². The number of para-hydroxylation sites is 1. The van der Waals surface area contributed by atoms with Crippen LogP contribution in [0.5, 0.6) is 5.75 Å². The van der Waals surface area contributed by atoms with Crippen LogP contribution in [0.15, 0.2) is 30.3 Å². The van der Waals surface area contributed by atoms with Crippen LogP contribution in [0.4, 0.5) is 0 Å². The second kappa shape index (κ2) is 6.60. The van der Waals surface area contributed by atoms with E-state index in [1.807, 2.05) is 30.3 Å². The summed E-state index contributed by atoms with van der Waals surface area (Å²) >= 11 is 0. The van der Waals surface area contributed by atoms with E-state index in [9.17, 15) is 4.79 Å². The van der Waals surface area contributed by atoms with E-state index >= 15 is 0 Å². The Morgan fingerprint density at radius 3 is 3.00 bits per heavy atom. The highest BCUT2D eigenvalue weighted by Crippen LogP contribution is 2.14. The van der Waals surface area contributed by atoms with Gasteiger partial charge < -0.3 is 14.6 Å². The molecule has 1 atom stereocenters. The van der Waals surface area contributed by atoms with Crippen molar-refractivity contribution in [2.45, 2.75) is 38.8 Å². The zero-order valence-electron chi connectivity index (χ0n) is 12.7. The van der Waals surface area contributed by atoms with Crippen LogP contribution >= 0.6 is 0 Å². The van der Waals surface area contributed by atoms with Crippen molar-refractivity contribution in [3.8, 4) is 5.75 Å². The van der Waals surface area contributed by atoms with E-state index in [1.165, 1.54) is 0 Å². The molecular formula is C16H20N4O2. The molecule has 0 unspecified atom stereocenters. The van der Waals surface area contributed by atoms with E-state index < -0.39 is 6.10 Å². The molecule has 1 aromatic heterocycles. The number of aryl methyl sites for hydroxylation is 1. The zero-order chi connectivity index (χ0) is 15.4. The van der Waals surface area contributed by atoms with Crippen molar-refractivity contribution in [2.24, 2.45) is 0 Å². The van der Waals surface area contributed by atoms with Crippen LogP contribution in [0.25, 0.3) is 0 Å². The van der Waals surface area contributed by atoms with Gasteiger partial charge in [-0.15, -0.1) is 10.2 Å². The number of carbonyl (C=O) groups excluding carboxylic acids is 1. The Kier molecular flexibility index (Phi) is 4.37. The lowest BCUT2D eigenvalue weighted by Gasteiger charge is -2.14. The third-order valence-electron chi connectivity index (χ3n) is 3.76.